The molecular weight excluding hydrogens is 228 g/mol. The van der Waals surface area contributed by atoms with Gasteiger partial charge in [-0.2, -0.15) is 4.37 Å². The van der Waals surface area contributed by atoms with Gasteiger partial charge in [0.1, 0.15) is 10.6 Å². The first-order valence-electron chi connectivity index (χ1n) is 4.71. The van der Waals surface area contributed by atoms with Crippen LogP contribution in [-0.2, 0) is 4.74 Å². The Hall–Kier alpha value is -1.34. The van der Waals surface area contributed by atoms with E-state index >= 15 is 0 Å². The Morgan fingerprint density at radius 1 is 1.62 bits per heavy atom. The fourth-order valence-electron chi connectivity index (χ4n) is 1.03. The smallest absolute Gasteiger partial charge is 0.255 e. The Bertz CT molecular complexity index is 389. The summed E-state index contributed by atoms with van der Waals surface area (Å²) in [5, 5.41) is 3.64. The second kappa shape index (κ2) is 4.67. The molecule has 5 N–H and O–H groups in total. The van der Waals surface area contributed by atoms with E-state index in [0.717, 1.165) is 11.5 Å². The van der Waals surface area contributed by atoms with Gasteiger partial charge < -0.3 is 21.5 Å². The van der Waals surface area contributed by atoms with Crippen LogP contribution in [0.15, 0.2) is 0 Å². The molecule has 16 heavy (non-hydrogen) atoms. The average Bonchev–Trinajstić information content (AvgIpc) is 2.57. The maximum absolute atomic E-state index is 11.1. The van der Waals surface area contributed by atoms with E-state index in [-0.39, 0.29) is 17.0 Å². The van der Waals surface area contributed by atoms with Crippen molar-refractivity contribution in [3.63, 3.8) is 0 Å². The molecular formula is C9H16N4O2S. The Labute approximate surface area is 98.1 Å². The first-order valence-corrected chi connectivity index (χ1v) is 5.48. The molecule has 7 heteroatoms. The second-order valence-corrected chi connectivity index (χ2v) is 4.73. The number of nitrogens with one attached hydrogen (secondary N) is 1. The van der Waals surface area contributed by atoms with E-state index in [9.17, 15) is 4.79 Å². The molecule has 1 aromatic rings. The summed E-state index contributed by atoms with van der Waals surface area (Å²) < 4.78 is 9.12. The van der Waals surface area contributed by atoms with Crippen molar-refractivity contribution < 1.29 is 9.53 Å². The van der Waals surface area contributed by atoms with Gasteiger partial charge in [0.05, 0.1) is 5.60 Å². The predicted molar refractivity (Wildman–Crippen MR) is 64.6 cm³/mol. The maximum Gasteiger partial charge on any atom is 0.255 e. The Morgan fingerprint density at radius 3 is 2.75 bits per heavy atom. The molecule has 90 valence electrons. The minimum atomic E-state index is -0.580. The number of aromatic nitrogens is 1. The number of anilines is 2. The number of methoxy groups -OCH3 is 1. The van der Waals surface area contributed by atoms with Gasteiger partial charge in [0, 0.05) is 13.7 Å². The van der Waals surface area contributed by atoms with Gasteiger partial charge in [-0.05, 0) is 25.4 Å². The van der Waals surface area contributed by atoms with Gasteiger partial charge in [0.15, 0.2) is 5.82 Å². The highest BCUT2D eigenvalue weighted by Crippen LogP contribution is 2.26. The number of carbonyl (C=O) groups excluding carboxylic acids is 1. The minimum absolute atomic E-state index is 0.162. The van der Waals surface area contributed by atoms with Crippen LogP contribution >= 0.6 is 11.5 Å². The normalized spacial score (nSPS) is 11.4. The number of amides is 1. The molecule has 1 heterocycles. The van der Waals surface area contributed by atoms with Crippen LogP contribution < -0.4 is 16.8 Å². The molecule has 0 spiro atoms. The molecule has 0 aliphatic carbocycles. The summed E-state index contributed by atoms with van der Waals surface area (Å²) in [4.78, 5) is 11.1. The number of nitrogen functional groups attached to an aromatic ring is 1. The summed E-state index contributed by atoms with van der Waals surface area (Å²) in [5.74, 6) is -0.417. The maximum atomic E-state index is 11.1. The number of nitrogens with zero attached hydrogens (tertiary/aromatic N) is 1. The highest BCUT2D eigenvalue weighted by molar-refractivity contribution is 7.11. The Kier molecular flexibility index (Phi) is 3.71. The summed E-state index contributed by atoms with van der Waals surface area (Å²) in [7, 11) is 1.62. The van der Waals surface area contributed by atoms with Crippen LogP contribution in [0.5, 0.6) is 0 Å². The summed E-state index contributed by atoms with van der Waals surface area (Å²) in [6.07, 6.45) is 0. The van der Waals surface area contributed by atoms with E-state index in [1.165, 1.54) is 0 Å². The van der Waals surface area contributed by atoms with E-state index in [0.29, 0.717) is 11.5 Å². The SMILES string of the molecule is COC(C)(C)CNc1snc(N)c1C(N)=O. The topological polar surface area (TPSA) is 103 Å². The molecule has 0 bridgehead atoms. The first kappa shape index (κ1) is 12.7. The molecule has 0 unspecified atom stereocenters. The second-order valence-electron chi connectivity index (χ2n) is 3.95. The van der Waals surface area contributed by atoms with Gasteiger partial charge in [-0.3, -0.25) is 4.79 Å². The Morgan fingerprint density at radius 2 is 2.25 bits per heavy atom. The summed E-state index contributed by atoms with van der Waals surface area (Å²) in [6, 6.07) is 0. The standard InChI is InChI=1S/C9H16N4O2S/c1-9(2,15-3)4-12-8-5(7(11)14)6(10)13-16-8/h12H,4H2,1-3H3,(H2,10,13)(H2,11,14). The van der Waals surface area contributed by atoms with Crippen molar-refractivity contribution >= 4 is 28.3 Å². The molecule has 1 rings (SSSR count). The van der Waals surface area contributed by atoms with Crippen LogP contribution in [0, 0.1) is 0 Å². The van der Waals surface area contributed by atoms with Crippen LogP contribution in [0.25, 0.3) is 0 Å². The van der Waals surface area contributed by atoms with Gasteiger partial charge in [-0.1, -0.05) is 0 Å². The number of ether oxygens (including phenoxy) is 1. The highest BCUT2D eigenvalue weighted by Gasteiger charge is 2.20. The zero-order chi connectivity index (χ0) is 12.3. The number of nitrogens with two attached hydrogens (primary N) is 2. The molecule has 0 aliphatic rings. The highest BCUT2D eigenvalue weighted by atomic mass is 32.1. The molecule has 0 saturated carbocycles. The van der Waals surface area contributed by atoms with Gasteiger partial charge in [0.25, 0.3) is 5.91 Å². The molecule has 6 nitrogen and oxygen atoms in total. The molecule has 0 atom stereocenters. The van der Waals surface area contributed by atoms with E-state index in [1.54, 1.807) is 7.11 Å². The molecule has 0 fully saturated rings. The zero-order valence-corrected chi connectivity index (χ0v) is 10.4. The van der Waals surface area contributed by atoms with Gasteiger partial charge >= 0.3 is 0 Å². The van der Waals surface area contributed by atoms with Crippen LogP contribution in [-0.4, -0.2) is 29.5 Å². The molecule has 0 aliphatic heterocycles. The van der Waals surface area contributed by atoms with Crippen LogP contribution in [0.3, 0.4) is 0 Å². The average molecular weight is 244 g/mol. The monoisotopic (exact) mass is 244 g/mol. The number of rotatable bonds is 5. The summed E-state index contributed by atoms with van der Waals surface area (Å²) in [6.45, 7) is 4.38. The van der Waals surface area contributed by atoms with Crippen LogP contribution in [0.4, 0.5) is 10.8 Å². The van der Waals surface area contributed by atoms with Crippen molar-refractivity contribution in [1.82, 2.24) is 4.37 Å². The molecule has 1 aromatic heterocycles. The Balaban J connectivity index is 2.79. The van der Waals surface area contributed by atoms with Gasteiger partial charge in [0.2, 0.25) is 0 Å². The summed E-state index contributed by atoms with van der Waals surface area (Å²) >= 11 is 1.11. The fraction of sp³-hybridized carbons (Fsp3) is 0.556. The van der Waals surface area contributed by atoms with Crippen molar-refractivity contribution in [3.05, 3.63) is 5.56 Å². The van der Waals surface area contributed by atoms with E-state index in [1.807, 2.05) is 13.8 Å². The number of hydrogen-bond acceptors (Lipinski definition) is 6. The molecule has 0 radical (unpaired) electrons. The van der Waals surface area contributed by atoms with Crippen LogP contribution in [0.2, 0.25) is 0 Å². The van der Waals surface area contributed by atoms with Crippen molar-refractivity contribution in [3.8, 4) is 0 Å². The van der Waals surface area contributed by atoms with Crippen molar-refractivity contribution in [2.24, 2.45) is 5.73 Å². The predicted octanol–water partition coefficient (Wildman–Crippen LogP) is 0.661. The third-order valence-electron chi connectivity index (χ3n) is 2.19. The quantitative estimate of drug-likeness (QED) is 0.706. The fourth-order valence-corrected chi connectivity index (χ4v) is 1.74. The lowest BCUT2D eigenvalue weighted by Gasteiger charge is -2.23. The minimum Gasteiger partial charge on any atom is -0.382 e. The number of primary amides is 1. The lowest BCUT2D eigenvalue weighted by Crippen LogP contribution is -2.32. The van der Waals surface area contributed by atoms with Crippen molar-refractivity contribution in [2.45, 2.75) is 19.4 Å². The molecule has 1 amide bonds. The largest absolute Gasteiger partial charge is 0.382 e. The van der Waals surface area contributed by atoms with Crippen LogP contribution in [0.1, 0.15) is 24.2 Å². The first-order chi connectivity index (χ1) is 7.37. The van der Waals surface area contributed by atoms with E-state index in [4.69, 9.17) is 16.2 Å². The van der Waals surface area contributed by atoms with Crippen molar-refractivity contribution in [1.29, 1.82) is 0 Å². The van der Waals surface area contributed by atoms with Crippen molar-refractivity contribution in [2.75, 3.05) is 24.7 Å². The number of carbonyl (C=O) groups is 1. The summed E-state index contributed by atoms with van der Waals surface area (Å²) in [5.41, 5.74) is 10.7. The third kappa shape index (κ3) is 2.83. The van der Waals surface area contributed by atoms with Gasteiger partial charge in [-0.15, -0.1) is 0 Å². The number of hydrogen-bond donors (Lipinski definition) is 3. The molecule has 0 saturated heterocycles. The van der Waals surface area contributed by atoms with E-state index < -0.39 is 5.91 Å². The van der Waals surface area contributed by atoms with Gasteiger partial charge in [-0.25, -0.2) is 0 Å². The lowest BCUT2D eigenvalue weighted by atomic mass is 10.1. The zero-order valence-electron chi connectivity index (χ0n) is 9.53. The lowest BCUT2D eigenvalue weighted by molar-refractivity contribution is 0.0344. The van der Waals surface area contributed by atoms with E-state index in [2.05, 4.69) is 9.69 Å². The third-order valence-corrected chi connectivity index (χ3v) is 3.01. The molecule has 0 aromatic carbocycles.